The highest BCUT2D eigenvalue weighted by atomic mass is 15.2. The Balaban J connectivity index is 1.98. The van der Waals surface area contributed by atoms with Crippen molar-refractivity contribution in [2.24, 2.45) is 0 Å². The number of nitrogens with zero attached hydrogens (tertiary/aromatic N) is 1. The lowest BCUT2D eigenvalue weighted by Gasteiger charge is -2.16. The lowest BCUT2D eigenvalue weighted by molar-refractivity contribution is 0.395. The SMILES string of the molecule is Cc1cccc(CCN2C=CNC2)c1C. The summed E-state index contributed by atoms with van der Waals surface area (Å²) in [5, 5.41) is 3.18. The minimum atomic E-state index is 0.949. The normalized spacial score (nSPS) is 14.4. The van der Waals surface area contributed by atoms with Gasteiger partial charge in [-0.15, -0.1) is 0 Å². The van der Waals surface area contributed by atoms with Crippen molar-refractivity contribution in [2.45, 2.75) is 20.3 Å². The van der Waals surface area contributed by atoms with Gasteiger partial charge in [-0.3, -0.25) is 0 Å². The molecule has 0 radical (unpaired) electrons. The summed E-state index contributed by atoms with van der Waals surface area (Å²) in [7, 11) is 0. The molecular formula is C13H18N2. The lowest BCUT2D eigenvalue weighted by atomic mass is 10.0. The van der Waals surface area contributed by atoms with E-state index >= 15 is 0 Å². The fourth-order valence-corrected chi connectivity index (χ4v) is 1.88. The highest BCUT2D eigenvalue weighted by Gasteiger charge is 2.05. The first-order valence-electron chi connectivity index (χ1n) is 5.46. The maximum absolute atomic E-state index is 3.18. The summed E-state index contributed by atoms with van der Waals surface area (Å²) < 4.78 is 0. The first-order chi connectivity index (χ1) is 7.27. The molecule has 15 heavy (non-hydrogen) atoms. The summed E-state index contributed by atoms with van der Waals surface area (Å²) in [5.74, 6) is 0. The van der Waals surface area contributed by atoms with Crippen LogP contribution in [0.1, 0.15) is 16.7 Å². The van der Waals surface area contributed by atoms with E-state index in [9.17, 15) is 0 Å². The first kappa shape index (κ1) is 10.1. The Hall–Kier alpha value is -1.44. The van der Waals surface area contributed by atoms with Gasteiger partial charge in [-0.1, -0.05) is 18.2 Å². The molecule has 0 saturated heterocycles. The molecule has 0 saturated carbocycles. The van der Waals surface area contributed by atoms with Crippen LogP contribution >= 0.6 is 0 Å². The van der Waals surface area contributed by atoms with E-state index in [0.717, 1.165) is 19.6 Å². The topological polar surface area (TPSA) is 15.3 Å². The third-order valence-electron chi connectivity index (χ3n) is 3.08. The average Bonchev–Trinajstić information content (AvgIpc) is 2.73. The molecular weight excluding hydrogens is 184 g/mol. The second-order valence-electron chi connectivity index (χ2n) is 4.10. The molecule has 1 N–H and O–H groups in total. The maximum Gasteiger partial charge on any atom is 0.0867 e. The summed E-state index contributed by atoms with van der Waals surface area (Å²) in [6.07, 6.45) is 5.24. The van der Waals surface area contributed by atoms with Crippen molar-refractivity contribution in [2.75, 3.05) is 13.2 Å². The van der Waals surface area contributed by atoms with Crippen molar-refractivity contribution in [3.8, 4) is 0 Å². The van der Waals surface area contributed by atoms with Gasteiger partial charge < -0.3 is 10.2 Å². The monoisotopic (exact) mass is 202 g/mol. The Bertz CT molecular complexity index is 369. The maximum atomic E-state index is 3.18. The predicted molar refractivity (Wildman–Crippen MR) is 63.5 cm³/mol. The summed E-state index contributed by atoms with van der Waals surface area (Å²) in [5.41, 5.74) is 4.30. The second kappa shape index (κ2) is 4.39. The van der Waals surface area contributed by atoms with Crippen LogP contribution in [-0.4, -0.2) is 18.1 Å². The summed E-state index contributed by atoms with van der Waals surface area (Å²) in [4.78, 5) is 2.29. The number of hydrogen-bond donors (Lipinski definition) is 1. The van der Waals surface area contributed by atoms with Crippen LogP contribution in [0, 0.1) is 13.8 Å². The quantitative estimate of drug-likeness (QED) is 0.808. The molecule has 0 fully saturated rings. The van der Waals surface area contributed by atoms with Crippen LogP contribution < -0.4 is 5.32 Å². The van der Waals surface area contributed by atoms with Gasteiger partial charge in [0, 0.05) is 18.9 Å². The zero-order valence-corrected chi connectivity index (χ0v) is 9.46. The van der Waals surface area contributed by atoms with Crippen molar-refractivity contribution in [3.63, 3.8) is 0 Å². The van der Waals surface area contributed by atoms with E-state index in [0.29, 0.717) is 0 Å². The molecule has 1 aliphatic heterocycles. The Morgan fingerprint density at radius 3 is 2.93 bits per heavy atom. The highest BCUT2D eigenvalue weighted by Crippen LogP contribution is 2.13. The van der Waals surface area contributed by atoms with Crippen molar-refractivity contribution in [1.82, 2.24) is 10.2 Å². The molecule has 0 amide bonds. The summed E-state index contributed by atoms with van der Waals surface area (Å²) >= 11 is 0. The molecule has 1 aliphatic rings. The van der Waals surface area contributed by atoms with Gasteiger partial charge in [-0.25, -0.2) is 0 Å². The molecule has 1 aromatic carbocycles. The number of benzene rings is 1. The van der Waals surface area contributed by atoms with Crippen LogP contribution in [0.3, 0.4) is 0 Å². The van der Waals surface area contributed by atoms with E-state index in [2.05, 4.69) is 48.5 Å². The fraction of sp³-hybridized carbons (Fsp3) is 0.385. The van der Waals surface area contributed by atoms with Gasteiger partial charge in [0.2, 0.25) is 0 Å². The lowest BCUT2D eigenvalue weighted by Crippen LogP contribution is -2.23. The van der Waals surface area contributed by atoms with Crippen LogP contribution in [-0.2, 0) is 6.42 Å². The van der Waals surface area contributed by atoms with Gasteiger partial charge >= 0.3 is 0 Å². The minimum absolute atomic E-state index is 0.949. The molecule has 0 spiro atoms. The zero-order valence-electron chi connectivity index (χ0n) is 9.46. The van der Waals surface area contributed by atoms with Gasteiger partial charge in [-0.2, -0.15) is 0 Å². The molecule has 80 valence electrons. The molecule has 0 aliphatic carbocycles. The predicted octanol–water partition coefficient (Wildman–Crippen LogP) is 2.18. The molecule has 0 atom stereocenters. The summed E-state index contributed by atoms with van der Waals surface area (Å²) in [6.45, 7) is 6.43. The molecule has 0 aromatic heterocycles. The number of rotatable bonds is 3. The molecule has 2 heteroatoms. The van der Waals surface area contributed by atoms with E-state index in [4.69, 9.17) is 0 Å². The molecule has 1 heterocycles. The molecule has 1 aromatic rings. The third-order valence-corrected chi connectivity index (χ3v) is 3.08. The van der Waals surface area contributed by atoms with Gasteiger partial charge in [0.25, 0.3) is 0 Å². The van der Waals surface area contributed by atoms with Gasteiger partial charge in [0.05, 0.1) is 6.67 Å². The van der Waals surface area contributed by atoms with E-state index in [-0.39, 0.29) is 0 Å². The number of nitrogens with one attached hydrogen (secondary N) is 1. The summed E-state index contributed by atoms with van der Waals surface area (Å²) in [6, 6.07) is 6.56. The number of aryl methyl sites for hydroxylation is 1. The molecule has 0 bridgehead atoms. The Labute approximate surface area is 91.6 Å². The second-order valence-corrected chi connectivity index (χ2v) is 4.10. The smallest absolute Gasteiger partial charge is 0.0867 e. The number of hydrogen-bond acceptors (Lipinski definition) is 2. The molecule has 0 unspecified atom stereocenters. The van der Waals surface area contributed by atoms with E-state index in [1.165, 1.54) is 16.7 Å². The van der Waals surface area contributed by atoms with E-state index < -0.39 is 0 Å². The standard InChI is InChI=1S/C13H18N2/c1-11-4-3-5-13(12(11)2)6-8-15-9-7-14-10-15/h3-5,7,9,14H,6,8,10H2,1-2H3. The van der Waals surface area contributed by atoms with Gasteiger partial charge in [-0.05, 0) is 37.0 Å². The van der Waals surface area contributed by atoms with Crippen LogP contribution in [0.15, 0.2) is 30.6 Å². The van der Waals surface area contributed by atoms with Crippen LogP contribution in [0.5, 0.6) is 0 Å². The largest absolute Gasteiger partial charge is 0.373 e. The Morgan fingerprint density at radius 2 is 2.20 bits per heavy atom. The van der Waals surface area contributed by atoms with Crippen LogP contribution in [0.4, 0.5) is 0 Å². The van der Waals surface area contributed by atoms with E-state index in [1.54, 1.807) is 0 Å². The van der Waals surface area contributed by atoms with Gasteiger partial charge in [0.1, 0.15) is 0 Å². The first-order valence-corrected chi connectivity index (χ1v) is 5.46. The van der Waals surface area contributed by atoms with Crippen LogP contribution in [0.25, 0.3) is 0 Å². The molecule has 2 rings (SSSR count). The Morgan fingerprint density at radius 1 is 1.33 bits per heavy atom. The Kier molecular flexibility index (Phi) is 2.95. The third kappa shape index (κ3) is 2.32. The minimum Gasteiger partial charge on any atom is -0.373 e. The van der Waals surface area contributed by atoms with Crippen molar-refractivity contribution in [1.29, 1.82) is 0 Å². The van der Waals surface area contributed by atoms with Crippen LogP contribution in [0.2, 0.25) is 0 Å². The average molecular weight is 202 g/mol. The van der Waals surface area contributed by atoms with Crippen molar-refractivity contribution < 1.29 is 0 Å². The van der Waals surface area contributed by atoms with Crippen molar-refractivity contribution in [3.05, 3.63) is 47.3 Å². The highest BCUT2D eigenvalue weighted by molar-refractivity contribution is 5.33. The van der Waals surface area contributed by atoms with Gasteiger partial charge in [0.15, 0.2) is 0 Å². The zero-order chi connectivity index (χ0) is 10.7. The van der Waals surface area contributed by atoms with Crippen molar-refractivity contribution >= 4 is 0 Å². The van der Waals surface area contributed by atoms with E-state index in [1.807, 2.05) is 6.20 Å². The molecule has 2 nitrogen and oxygen atoms in total. The fourth-order valence-electron chi connectivity index (χ4n) is 1.88.